The largest absolute Gasteiger partial charge is 0.295 e. The van der Waals surface area contributed by atoms with Crippen molar-refractivity contribution in [3.63, 3.8) is 0 Å². The van der Waals surface area contributed by atoms with Crippen LogP contribution in [0, 0.1) is 0 Å². The number of hydrogen-bond donors (Lipinski definition) is 0. The molecule has 1 aromatic rings. The first kappa shape index (κ1) is 16.2. The molecule has 1 fully saturated rings. The zero-order valence-electron chi connectivity index (χ0n) is 12.7. The lowest BCUT2D eigenvalue weighted by Crippen LogP contribution is -2.36. The molecule has 1 saturated heterocycles. The van der Waals surface area contributed by atoms with Crippen LogP contribution in [0.4, 0.5) is 0 Å². The van der Waals surface area contributed by atoms with E-state index in [1.54, 1.807) is 0 Å². The van der Waals surface area contributed by atoms with Crippen LogP contribution in [0.15, 0.2) is 24.3 Å². The average molecular weight is 309 g/mol. The molecule has 0 radical (unpaired) electrons. The number of hydrogen-bond acceptors (Lipinski definition) is 4. The van der Waals surface area contributed by atoms with E-state index in [9.17, 15) is 13.2 Å². The summed E-state index contributed by atoms with van der Waals surface area (Å²) in [4.78, 5) is 14.1. The molecule has 0 amide bonds. The van der Waals surface area contributed by atoms with Crippen molar-refractivity contribution in [3.8, 4) is 0 Å². The van der Waals surface area contributed by atoms with E-state index in [0.29, 0.717) is 12.0 Å². The average Bonchev–Trinajstić information content (AvgIpc) is 2.80. The Kier molecular flexibility index (Phi) is 5.17. The smallest absolute Gasteiger partial charge is 0.176 e. The Morgan fingerprint density at radius 3 is 2.48 bits per heavy atom. The molecule has 0 aliphatic carbocycles. The van der Waals surface area contributed by atoms with Crippen LogP contribution < -0.4 is 0 Å². The Hall–Kier alpha value is -1.20. The van der Waals surface area contributed by atoms with Crippen molar-refractivity contribution in [1.82, 2.24) is 4.90 Å². The number of aryl methyl sites for hydroxylation is 1. The van der Waals surface area contributed by atoms with Crippen LogP contribution in [0.25, 0.3) is 0 Å². The van der Waals surface area contributed by atoms with Crippen molar-refractivity contribution in [2.45, 2.75) is 32.2 Å². The first-order valence-electron chi connectivity index (χ1n) is 7.44. The SMILES string of the molecule is CCCc1ccc(C(=O)CN(C)C2CCS(=O)(=O)C2)cc1. The van der Waals surface area contributed by atoms with E-state index in [2.05, 4.69) is 6.92 Å². The third-order valence-electron chi connectivity index (χ3n) is 4.04. The molecule has 0 saturated carbocycles. The molecule has 0 aromatic heterocycles. The van der Waals surface area contributed by atoms with Gasteiger partial charge in [-0.3, -0.25) is 9.69 Å². The lowest BCUT2D eigenvalue weighted by molar-refractivity contribution is 0.0926. The molecule has 1 aliphatic rings. The van der Waals surface area contributed by atoms with Crippen molar-refractivity contribution in [2.24, 2.45) is 0 Å². The van der Waals surface area contributed by atoms with E-state index in [1.165, 1.54) is 5.56 Å². The summed E-state index contributed by atoms with van der Waals surface area (Å²) in [5.41, 5.74) is 1.94. The van der Waals surface area contributed by atoms with Gasteiger partial charge in [0.1, 0.15) is 0 Å². The van der Waals surface area contributed by atoms with Gasteiger partial charge in [0.2, 0.25) is 0 Å². The lowest BCUT2D eigenvalue weighted by Gasteiger charge is -2.22. The van der Waals surface area contributed by atoms with E-state index in [4.69, 9.17) is 0 Å². The molecule has 21 heavy (non-hydrogen) atoms. The van der Waals surface area contributed by atoms with Crippen LogP contribution in [0.3, 0.4) is 0 Å². The Morgan fingerprint density at radius 2 is 1.95 bits per heavy atom. The van der Waals surface area contributed by atoms with E-state index < -0.39 is 9.84 Å². The van der Waals surface area contributed by atoms with E-state index in [-0.39, 0.29) is 29.9 Å². The predicted octanol–water partition coefficient (Wildman–Crippen LogP) is 1.94. The summed E-state index contributed by atoms with van der Waals surface area (Å²) >= 11 is 0. The Morgan fingerprint density at radius 1 is 1.29 bits per heavy atom. The summed E-state index contributed by atoms with van der Waals surface area (Å²) in [7, 11) is -1.08. The minimum atomic E-state index is -2.91. The van der Waals surface area contributed by atoms with Gasteiger partial charge in [0.25, 0.3) is 0 Å². The molecule has 0 spiro atoms. The maximum absolute atomic E-state index is 12.3. The van der Waals surface area contributed by atoms with Gasteiger partial charge in [-0.2, -0.15) is 0 Å². The molecule has 2 rings (SSSR count). The molecule has 1 unspecified atom stereocenters. The zero-order valence-corrected chi connectivity index (χ0v) is 13.5. The standard InChI is InChI=1S/C16H23NO3S/c1-3-4-13-5-7-14(8-6-13)16(18)11-17(2)15-9-10-21(19,20)12-15/h5-8,15H,3-4,9-12H2,1-2H3. The highest BCUT2D eigenvalue weighted by molar-refractivity contribution is 7.91. The van der Waals surface area contributed by atoms with Gasteiger partial charge < -0.3 is 0 Å². The van der Waals surface area contributed by atoms with E-state index >= 15 is 0 Å². The third kappa shape index (κ3) is 4.38. The van der Waals surface area contributed by atoms with Crippen LogP contribution in [-0.4, -0.2) is 50.2 Å². The van der Waals surface area contributed by atoms with Crippen LogP contribution in [0.2, 0.25) is 0 Å². The maximum atomic E-state index is 12.3. The summed E-state index contributed by atoms with van der Waals surface area (Å²) in [6.07, 6.45) is 2.74. The zero-order chi connectivity index (χ0) is 15.5. The van der Waals surface area contributed by atoms with Crippen molar-refractivity contribution in [3.05, 3.63) is 35.4 Å². The highest BCUT2D eigenvalue weighted by atomic mass is 32.2. The van der Waals surface area contributed by atoms with Crippen molar-refractivity contribution < 1.29 is 13.2 Å². The second-order valence-electron chi connectivity index (χ2n) is 5.84. The monoisotopic (exact) mass is 309 g/mol. The quantitative estimate of drug-likeness (QED) is 0.754. The van der Waals surface area contributed by atoms with E-state index in [0.717, 1.165) is 12.8 Å². The Labute approximate surface area is 127 Å². The van der Waals surface area contributed by atoms with Gasteiger partial charge in [0.05, 0.1) is 18.1 Å². The first-order chi connectivity index (χ1) is 9.91. The fraction of sp³-hybridized carbons (Fsp3) is 0.562. The predicted molar refractivity (Wildman–Crippen MR) is 84.5 cm³/mol. The highest BCUT2D eigenvalue weighted by Crippen LogP contribution is 2.17. The van der Waals surface area contributed by atoms with Crippen molar-refractivity contribution in [2.75, 3.05) is 25.1 Å². The van der Waals surface area contributed by atoms with Crippen LogP contribution in [-0.2, 0) is 16.3 Å². The van der Waals surface area contributed by atoms with Crippen LogP contribution >= 0.6 is 0 Å². The van der Waals surface area contributed by atoms with Gasteiger partial charge in [-0.25, -0.2) is 8.42 Å². The molecule has 5 heteroatoms. The summed E-state index contributed by atoms with van der Waals surface area (Å²) in [5, 5.41) is 0. The molecule has 1 aliphatic heterocycles. The molecular formula is C16H23NO3S. The number of ketones is 1. The van der Waals surface area contributed by atoms with Gasteiger partial charge in [-0.05, 0) is 25.5 Å². The topological polar surface area (TPSA) is 54.5 Å². The molecule has 4 nitrogen and oxygen atoms in total. The van der Waals surface area contributed by atoms with Gasteiger partial charge in [-0.15, -0.1) is 0 Å². The van der Waals surface area contributed by atoms with Gasteiger partial charge in [0.15, 0.2) is 15.6 Å². The number of carbonyl (C=O) groups is 1. The third-order valence-corrected chi connectivity index (χ3v) is 5.79. The summed E-state index contributed by atoms with van der Waals surface area (Å²) in [5.74, 6) is 0.457. The van der Waals surface area contributed by atoms with Gasteiger partial charge in [0, 0.05) is 11.6 Å². The minimum absolute atomic E-state index is 0.0293. The minimum Gasteiger partial charge on any atom is -0.295 e. The molecular weight excluding hydrogens is 286 g/mol. The number of benzene rings is 1. The Bertz CT molecular complexity index is 592. The van der Waals surface area contributed by atoms with Gasteiger partial charge in [-0.1, -0.05) is 37.6 Å². The fourth-order valence-corrected chi connectivity index (χ4v) is 4.52. The molecule has 1 aromatic carbocycles. The molecule has 1 atom stereocenters. The number of rotatable bonds is 6. The second-order valence-corrected chi connectivity index (χ2v) is 8.07. The summed E-state index contributed by atoms with van der Waals surface area (Å²) < 4.78 is 23.0. The number of likely N-dealkylation sites (N-methyl/N-ethyl adjacent to an activating group) is 1. The Balaban J connectivity index is 1.94. The number of Topliss-reactive ketones (excluding diaryl/α,β-unsaturated/α-hetero) is 1. The van der Waals surface area contributed by atoms with Crippen LogP contribution in [0.1, 0.15) is 35.7 Å². The molecule has 116 valence electrons. The van der Waals surface area contributed by atoms with Gasteiger partial charge >= 0.3 is 0 Å². The number of sulfone groups is 1. The van der Waals surface area contributed by atoms with Crippen LogP contribution in [0.5, 0.6) is 0 Å². The van der Waals surface area contributed by atoms with E-state index in [1.807, 2.05) is 36.2 Å². The normalized spacial score (nSPS) is 20.8. The lowest BCUT2D eigenvalue weighted by atomic mass is 10.0. The van der Waals surface area contributed by atoms with Crippen molar-refractivity contribution >= 4 is 15.6 Å². The molecule has 0 bridgehead atoms. The number of nitrogens with zero attached hydrogens (tertiary/aromatic N) is 1. The summed E-state index contributed by atoms with van der Waals surface area (Å²) in [6.45, 7) is 2.40. The second kappa shape index (κ2) is 6.71. The number of carbonyl (C=O) groups excluding carboxylic acids is 1. The first-order valence-corrected chi connectivity index (χ1v) is 9.26. The highest BCUT2D eigenvalue weighted by Gasteiger charge is 2.31. The van der Waals surface area contributed by atoms with Crippen molar-refractivity contribution in [1.29, 1.82) is 0 Å². The molecule has 1 heterocycles. The summed E-state index contributed by atoms with van der Waals surface area (Å²) in [6, 6.07) is 7.70. The maximum Gasteiger partial charge on any atom is 0.176 e. The fourth-order valence-electron chi connectivity index (χ4n) is 2.72. The molecule has 0 N–H and O–H groups in total.